The summed E-state index contributed by atoms with van der Waals surface area (Å²) in [6, 6.07) is 11.9. The summed E-state index contributed by atoms with van der Waals surface area (Å²) in [7, 11) is 0. The average molecular weight is 414 g/mol. The van der Waals surface area contributed by atoms with E-state index in [4.69, 9.17) is 16.3 Å². The largest absolute Gasteiger partial charge is 0.450 e. The number of carbonyl (C=O) groups is 3. The van der Waals surface area contributed by atoms with Gasteiger partial charge in [-0.3, -0.25) is 9.59 Å². The van der Waals surface area contributed by atoms with Crippen LogP contribution >= 0.6 is 11.6 Å². The number of imide groups is 1. The van der Waals surface area contributed by atoms with Crippen LogP contribution in [0.2, 0.25) is 5.02 Å². The molecule has 0 bridgehead atoms. The van der Waals surface area contributed by atoms with Crippen LogP contribution in [0, 0.1) is 0 Å². The Hall–Kier alpha value is -3.06. The summed E-state index contributed by atoms with van der Waals surface area (Å²) >= 11 is 6.50. The normalized spacial score (nSPS) is 16.3. The fourth-order valence-corrected chi connectivity index (χ4v) is 3.95. The van der Waals surface area contributed by atoms with Gasteiger partial charge in [0.15, 0.2) is 0 Å². The number of halogens is 1. The van der Waals surface area contributed by atoms with Crippen molar-refractivity contribution in [3.05, 3.63) is 58.6 Å². The van der Waals surface area contributed by atoms with Gasteiger partial charge in [-0.1, -0.05) is 23.7 Å². The van der Waals surface area contributed by atoms with E-state index < -0.39 is 0 Å². The lowest BCUT2D eigenvalue weighted by Gasteiger charge is -2.36. The van der Waals surface area contributed by atoms with Gasteiger partial charge in [0.05, 0.1) is 34.1 Å². The zero-order valence-corrected chi connectivity index (χ0v) is 16.7. The second kappa shape index (κ2) is 7.75. The van der Waals surface area contributed by atoms with Gasteiger partial charge < -0.3 is 14.5 Å². The number of hydrogen-bond donors (Lipinski definition) is 0. The van der Waals surface area contributed by atoms with Gasteiger partial charge in [-0.2, -0.15) is 0 Å². The number of amides is 3. The van der Waals surface area contributed by atoms with Crippen LogP contribution in [0.5, 0.6) is 0 Å². The van der Waals surface area contributed by atoms with Crippen molar-refractivity contribution in [1.29, 1.82) is 0 Å². The molecular weight excluding hydrogens is 394 g/mol. The first-order valence-electron chi connectivity index (χ1n) is 9.45. The summed E-state index contributed by atoms with van der Waals surface area (Å²) in [5.74, 6) is -0.699. The van der Waals surface area contributed by atoms with Crippen molar-refractivity contribution in [3.63, 3.8) is 0 Å². The van der Waals surface area contributed by atoms with E-state index in [9.17, 15) is 14.4 Å². The number of nitrogens with zero attached hydrogens (tertiary/aromatic N) is 3. The molecule has 1 fully saturated rings. The Morgan fingerprint density at radius 2 is 1.62 bits per heavy atom. The van der Waals surface area contributed by atoms with Crippen LogP contribution in [0.4, 0.5) is 16.2 Å². The Labute approximate surface area is 173 Å². The van der Waals surface area contributed by atoms with Gasteiger partial charge in [0.25, 0.3) is 11.8 Å². The first kappa shape index (κ1) is 19.3. The zero-order chi connectivity index (χ0) is 20.5. The summed E-state index contributed by atoms with van der Waals surface area (Å²) in [4.78, 5) is 42.1. The summed E-state index contributed by atoms with van der Waals surface area (Å²) < 4.78 is 5.04. The molecule has 0 N–H and O–H groups in total. The summed E-state index contributed by atoms with van der Waals surface area (Å²) in [6.07, 6.45) is -0.306. The molecule has 29 heavy (non-hydrogen) atoms. The first-order chi connectivity index (χ1) is 14.0. The second-order valence-electron chi connectivity index (χ2n) is 6.80. The standard InChI is InChI=1S/C21H20ClN3O4/c1-2-29-21(28)24-11-9-23(10-12-24)18-8-7-14(13-17(18)22)25-19(26)15-5-3-4-6-16(15)20(25)27/h3-8,13H,2,9-12H2,1H3. The molecule has 0 aromatic heterocycles. The van der Waals surface area contributed by atoms with Crippen LogP contribution in [0.15, 0.2) is 42.5 Å². The van der Waals surface area contributed by atoms with Gasteiger partial charge in [0, 0.05) is 26.2 Å². The SMILES string of the molecule is CCOC(=O)N1CCN(c2ccc(N3C(=O)c4ccccc4C3=O)cc2Cl)CC1. The van der Waals surface area contributed by atoms with Crippen molar-refractivity contribution in [2.45, 2.75) is 6.92 Å². The summed E-state index contributed by atoms with van der Waals surface area (Å²) in [6.45, 7) is 4.44. The molecule has 0 spiro atoms. The number of carbonyl (C=O) groups excluding carboxylic acids is 3. The van der Waals surface area contributed by atoms with E-state index in [0.29, 0.717) is 54.6 Å². The van der Waals surface area contributed by atoms with Crippen LogP contribution in [-0.4, -0.2) is 55.6 Å². The molecular formula is C21H20ClN3O4. The highest BCUT2D eigenvalue weighted by Gasteiger charge is 2.36. The third-order valence-electron chi connectivity index (χ3n) is 5.13. The second-order valence-corrected chi connectivity index (χ2v) is 7.21. The van der Waals surface area contributed by atoms with Crippen LogP contribution in [0.1, 0.15) is 27.6 Å². The first-order valence-corrected chi connectivity index (χ1v) is 9.83. The Morgan fingerprint density at radius 1 is 1.00 bits per heavy atom. The van der Waals surface area contributed by atoms with Gasteiger partial charge in [0.2, 0.25) is 0 Å². The average Bonchev–Trinajstić information content (AvgIpc) is 2.99. The van der Waals surface area contributed by atoms with Crippen molar-refractivity contribution in [3.8, 4) is 0 Å². The minimum atomic E-state index is -0.350. The number of ether oxygens (including phenoxy) is 1. The van der Waals surface area contributed by atoms with Crippen molar-refractivity contribution in [1.82, 2.24) is 4.90 Å². The van der Waals surface area contributed by atoms with Crippen molar-refractivity contribution in [2.24, 2.45) is 0 Å². The lowest BCUT2D eigenvalue weighted by Crippen LogP contribution is -2.49. The topological polar surface area (TPSA) is 70.2 Å². The molecule has 1 saturated heterocycles. The Kier molecular flexibility index (Phi) is 5.15. The van der Waals surface area contributed by atoms with Gasteiger partial charge in [-0.05, 0) is 37.3 Å². The molecule has 2 aliphatic heterocycles. The molecule has 2 heterocycles. The number of hydrogen-bond acceptors (Lipinski definition) is 5. The van der Waals surface area contributed by atoms with Crippen molar-refractivity contribution < 1.29 is 19.1 Å². The maximum absolute atomic E-state index is 12.7. The number of rotatable bonds is 3. The van der Waals surface area contributed by atoms with E-state index >= 15 is 0 Å². The predicted octanol–water partition coefficient (Wildman–Crippen LogP) is 3.42. The van der Waals surface area contributed by atoms with Gasteiger partial charge in [0.1, 0.15) is 0 Å². The maximum atomic E-state index is 12.7. The molecule has 8 heteroatoms. The molecule has 0 saturated carbocycles. The van der Waals surface area contributed by atoms with Gasteiger partial charge in [-0.25, -0.2) is 9.69 Å². The highest BCUT2D eigenvalue weighted by atomic mass is 35.5. The van der Waals surface area contributed by atoms with Crippen LogP contribution in [0.3, 0.4) is 0 Å². The third-order valence-corrected chi connectivity index (χ3v) is 5.43. The minimum absolute atomic E-state index is 0.306. The quantitative estimate of drug-likeness (QED) is 0.721. The highest BCUT2D eigenvalue weighted by molar-refractivity contribution is 6.36. The van der Waals surface area contributed by atoms with E-state index in [1.165, 1.54) is 0 Å². The van der Waals surface area contributed by atoms with Crippen LogP contribution in [0.25, 0.3) is 0 Å². The Balaban J connectivity index is 1.51. The molecule has 2 aliphatic rings. The molecule has 3 amide bonds. The molecule has 0 aliphatic carbocycles. The van der Waals surface area contributed by atoms with Crippen LogP contribution in [-0.2, 0) is 4.74 Å². The number of benzene rings is 2. The minimum Gasteiger partial charge on any atom is -0.450 e. The van der Waals surface area contributed by atoms with Crippen molar-refractivity contribution in [2.75, 3.05) is 42.6 Å². The molecule has 0 atom stereocenters. The molecule has 0 radical (unpaired) electrons. The smallest absolute Gasteiger partial charge is 0.409 e. The Morgan fingerprint density at radius 3 is 2.17 bits per heavy atom. The van der Waals surface area contributed by atoms with E-state index in [-0.39, 0.29) is 17.9 Å². The fraction of sp³-hybridized carbons (Fsp3) is 0.286. The Bertz CT molecular complexity index is 951. The van der Waals surface area contributed by atoms with E-state index in [0.717, 1.165) is 10.6 Å². The fourth-order valence-electron chi connectivity index (χ4n) is 3.66. The predicted molar refractivity (Wildman–Crippen MR) is 110 cm³/mol. The molecule has 2 aromatic carbocycles. The van der Waals surface area contributed by atoms with E-state index in [1.54, 1.807) is 54.3 Å². The molecule has 7 nitrogen and oxygen atoms in total. The van der Waals surface area contributed by atoms with Crippen LogP contribution < -0.4 is 9.80 Å². The van der Waals surface area contributed by atoms with Gasteiger partial charge in [-0.15, -0.1) is 0 Å². The summed E-state index contributed by atoms with van der Waals surface area (Å²) in [5.41, 5.74) is 2.03. The number of fused-ring (bicyclic) bond motifs is 1. The monoisotopic (exact) mass is 413 g/mol. The number of piperazine rings is 1. The van der Waals surface area contributed by atoms with Crippen molar-refractivity contribution >= 4 is 40.9 Å². The van der Waals surface area contributed by atoms with E-state index in [1.807, 2.05) is 0 Å². The zero-order valence-electron chi connectivity index (χ0n) is 15.9. The van der Waals surface area contributed by atoms with Gasteiger partial charge >= 0.3 is 6.09 Å². The molecule has 150 valence electrons. The number of anilines is 2. The summed E-state index contributed by atoms with van der Waals surface area (Å²) in [5, 5.41) is 0.448. The molecule has 4 rings (SSSR count). The third kappa shape index (κ3) is 3.42. The van der Waals surface area contributed by atoms with E-state index in [2.05, 4.69) is 4.90 Å². The lowest BCUT2D eigenvalue weighted by atomic mass is 10.1. The maximum Gasteiger partial charge on any atom is 0.409 e. The highest BCUT2D eigenvalue weighted by Crippen LogP contribution is 2.34. The molecule has 2 aromatic rings. The molecule has 0 unspecified atom stereocenters. The lowest BCUT2D eigenvalue weighted by molar-refractivity contribution is 0.0925.